The SMILES string of the molecule is CC(CO)NC(=O)C(C)(C)c1ccccc1. The molecule has 0 heterocycles. The number of aliphatic hydroxyl groups is 1. The van der Waals surface area contributed by atoms with Crippen molar-refractivity contribution in [3.8, 4) is 0 Å². The van der Waals surface area contributed by atoms with Gasteiger partial charge in [-0.1, -0.05) is 30.3 Å². The van der Waals surface area contributed by atoms with Crippen LogP contribution in [0.3, 0.4) is 0 Å². The van der Waals surface area contributed by atoms with E-state index in [-0.39, 0.29) is 18.6 Å². The molecule has 1 aromatic carbocycles. The van der Waals surface area contributed by atoms with Crippen molar-refractivity contribution in [2.45, 2.75) is 32.2 Å². The van der Waals surface area contributed by atoms with Crippen LogP contribution in [-0.4, -0.2) is 23.7 Å². The predicted octanol–water partition coefficient (Wildman–Crippen LogP) is 1.46. The van der Waals surface area contributed by atoms with Crippen molar-refractivity contribution in [3.05, 3.63) is 35.9 Å². The van der Waals surface area contributed by atoms with Crippen LogP contribution in [0.5, 0.6) is 0 Å². The molecule has 0 aliphatic rings. The van der Waals surface area contributed by atoms with Crippen LogP contribution in [0.1, 0.15) is 26.3 Å². The molecule has 0 aliphatic heterocycles. The average molecular weight is 221 g/mol. The number of carbonyl (C=O) groups excluding carboxylic acids is 1. The molecular formula is C13H19NO2. The van der Waals surface area contributed by atoms with E-state index in [9.17, 15) is 4.79 Å². The van der Waals surface area contributed by atoms with Crippen molar-refractivity contribution in [2.24, 2.45) is 0 Å². The van der Waals surface area contributed by atoms with Crippen molar-refractivity contribution in [1.82, 2.24) is 5.32 Å². The topological polar surface area (TPSA) is 49.3 Å². The summed E-state index contributed by atoms with van der Waals surface area (Å²) < 4.78 is 0. The van der Waals surface area contributed by atoms with Crippen LogP contribution in [0.25, 0.3) is 0 Å². The Balaban J connectivity index is 2.82. The van der Waals surface area contributed by atoms with Crippen molar-refractivity contribution >= 4 is 5.91 Å². The summed E-state index contributed by atoms with van der Waals surface area (Å²) in [6.45, 7) is 5.49. The quantitative estimate of drug-likeness (QED) is 0.808. The van der Waals surface area contributed by atoms with Gasteiger partial charge in [0.15, 0.2) is 0 Å². The molecule has 1 unspecified atom stereocenters. The third-order valence-corrected chi connectivity index (χ3v) is 2.71. The molecule has 0 aliphatic carbocycles. The Morgan fingerprint density at radius 1 is 1.38 bits per heavy atom. The summed E-state index contributed by atoms with van der Waals surface area (Å²) in [6, 6.07) is 9.41. The van der Waals surface area contributed by atoms with Gasteiger partial charge < -0.3 is 10.4 Å². The molecule has 0 fully saturated rings. The molecule has 0 saturated carbocycles. The molecule has 2 N–H and O–H groups in total. The minimum absolute atomic E-state index is 0.0450. The van der Waals surface area contributed by atoms with Crippen LogP contribution >= 0.6 is 0 Å². The second kappa shape index (κ2) is 5.12. The van der Waals surface area contributed by atoms with E-state index in [4.69, 9.17) is 5.11 Å². The van der Waals surface area contributed by atoms with Crippen molar-refractivity contribution in [2.75, 3.05) is 6.61 Å². The molecule has 88 valence electrons. The van der Waals surface area contributed by atoms with Gasteiger partial charge in [-0.2, -0.15) is 0 Å². The molecule has 3 heteroatoms. The van der Waals surface area contributed by atoms with Gasteiger partial charge in [-0.3, -0.25) is 4.79 Å². The molecule has 0 aromatic heterocycles. The number of aliphatic hydroxyl groups excluding tert-OH is 1. The van der Waals surface area contributed by atoms with Crippen LogP contribution in [0.15, 0.2) is 30.3 Å². The van der Waals surface area contributed by atoms with Gasteiger partial charge in [0.2, 0.25) is 5.91 Å². The lowest BCUT2D eigenvalue weighted by Crippen LogP contribution is -2.45. The van der Waals surface area contributed by atoms with Gasteiger partial charge >= 0.3 is 0 Å². The molecule has 0 spiro atoms. The van der Waals surface area contributed by atoms with E-state index in [1.165, 1.54) is 0 Å². The van der Waals surface area contributed by atoms with Crippen molar-refractivity contribution in [1.29, 1.82) is 0 Å². The van der Waals surface area contributed by atoms with Gasteiger partial charge in [-0.25, -0.2) is 0 Å². The number of amides is 1. The lowest BCUT2D eigenvalue weighted by Gasteiger charge is -2.25. The minimum Gasteiger partial charge on any atom is -0.394 e. The van der Waals surface area contributed by atoms with Crippen molar-refractivity contribution in [3.63, 3.8) is 0 Å². The maximum absolute atomic E-state index is 12.0. The summed E-state index contributed by atoms with van der Waals surface area (Å²) >= 11 is 0. The number of rotatable bonds is 4. The van der Waals surface area contributed by atoms with Gasteiger partial charge in [-0.05, 0) is 26.3 Å². The van der Waals surface area contributed by atoms with Crippen LogP contribution in [0, 0.1) is 0 Å². The lowest BCUT2D eigenvalue weighted by molar-refractivity contribution is -0.126. The van der Waals surface area contributed by atoms with E-state index < -0.39 is 5.41 Å². The van der Waals surface area contributed by atoms with Crippen LogP contribution in [-0.2, 0) is 10.2 Å². The van der Waals surface area contributed by atoms with E-state index in [1.807, 2.05) is 44.2 Å². The molecule has 0 bridgehead atoms. The number of carbonyl (C=O) groups is 1. The van der Waals surface area contributed by atoms with Crippen LogP contribution < -0.4 is 5.32 Å². The average Bonchev–Trinajstić information content (AvgIpc) is 2.29. The Morgan fingerprint density at radius 3 is 2.44 bits per heavy atom. The third-order valence-electron chi connectivity index (χ3n) is 2.71. The molecule has 1 amide bonds. The Kier molecular flexibility index (Phi) is 4.07. The molecule has 1 aromatic rings. The second-order valence-corrected chi connectivity index (χ2v) is 4.55. The standard InChI is InChI=1S/C13H19NO2/c1-10(9-15)14-12(16)13(2,3)11-7-5-4-6-8-11/h4-8,10,15H,9H2,1-3H3,(H,14,16). The van der Waals surface area contributed by atoms with Gasteiger partial charge in [0.05, 0.1) is 12.0 Å². The van der Waals surface area contributed by atoms with E-state index in [0.29, 0.717) is 0 Å². The zero-order valence-corrected chi connectivity index (χ0v) is 10.0. The van der Waals surface area contributed by atoms with Gasteiger partial charge in [0, 0.05) is 6.04 Å². The highest BCUT2D eigenvalue weighted by Gasteiger charge is 2.30. The highest BCUT2D eigenvalue weighted by atomic mass is 16.3. The summed E-state index contributed by atoms with van der Waals surface area (Å²) in [4.78, 5) is 12.0. The van der Waals surface area contributed by atoms with E-state index >= 15 is 0 Å². The summed E-state index contributed by atoms with van der Waals surface area (Å²) in [5.74, 6) is -0.0692. The smallest absolute Gasteiger partial charge is 0.230 e. The third kappa shape index (κ3) is 2.83. The van der Waals surface area contributed by atoms with E-state index in [0.717, 1.165) is 5.56 Å². The van der Waals surface area contributed by atoms with Gasteiger partial charge in [0.1, 0.15) is 0 Å². The number of nitrogens with one attached hydrogen (secondary N) is 1. The molecule has 1 atom stereocenters. The molecule has 16 heavy (non-hydrogen) atoms. The molecule has 1 rings (SSSR count). The zero-order chi connectivity index (χ0) is 12.2. The highest BCUT2D eigenvalue weighted by Crippen LogP contribution is 2.22. The molecular weight excluding hydrogens is 202 g/mol. The Labute approximate surface area is 96.5 Å². The molecule has 0 saturated heterocycles. The first kappa shape index (κ1) is 12.7. The fourth-order valence-corrected chi connectivity index (χ4v) is 1.44. The maximum atomic E-state index is 12.0. The summed E-state index contributed by atoms with van der Waals surface area (Å²) in [6.07, 6.45) is 0. The Hall–Kier alpha value is -1.35. The van der Waals surface area contributed by atoms with Crippen LogP contribution in [0.4, 0.5) is 0 Å². The summed E-state index contributed by atoms with van der Waals surface area (Å²) in [7, 11) is 0. The second-order valence-electron chi connectivity index (χ2n) is 4.55. The first-order valence-corrected chi connectivity index (χ1v) is 5.46. The maximum Gasteiger partial charge on any atom is 0.230 e. The Morgan fingerprint density at radius 2 is 1.94 bits per heavy atom. The van der Waals surface area contributed by atoms with Crippen molar-refractivity contribution < 1.29 is 9.90 Å². The number of benzene rings is 1. The normalized spacial score (nSPS) is 13.2. The first-order valence-electron chi connectivity index (χ1n) is 5.46. The molecule has 3 nitrogen and oxygen atoms in total. The fourth-order valence-electron chi connectivity index (χ4n) is 1.44. The zero-order valence-electron chi connectivity index (χ0n) is 10.0. The van der Waals surface area contributed by atoms with E-state index in [2.05, 4.69) is 5.32 Å². The van der Waals surface area contributed by atoms with Gasteiger partial charge in [-0.15, -0.1) is 0 Å². The highest BCUT2D eigenvalue weighted by molar-refractivity contribution is 5.87. The summed E-state index contributed by atoms with van der Waals surface area (Å²) in [5.41, 5.74) is 0.391. The number of hydrogen-bond acceptors (Lipinski definition) is 2. The van der Waals surface area contributed by atoms with Gasteiger partial charge in [0.25, 0.3) is 0 Å². The molecule has 0 radical (unpaired) electrons. The number of hydrogen-bond donors (Lipinski definition) is 2. The Bertz CT molecular complexity index is 346. The van der Waals surface area contributed by atoms with E-state index in [1.54, 1.807) is 6.92 Å². The first-order chi connectivity index (χ1) is 7.48. The largest absolute Gasteiger partial charge is 0.394 e. The predicted molar refractivity (Wildman–Crippen MR) is 64.2 cm³/mol. The lowest BCUT2D eigenvalue weighted by atomic mass is 9.83. The van der Waals surface area contributed by atoms with Crippen LogP contribution in [0.2, 0.25) is 0 Å². The minimum atomic E-state index is -0.579. The monoisotopic (exact) mass is 221 g/mol. The summed E-state index contributed by atoms with van der Waals surface area (Å²) in [5, 5.41) is 11.7. The fraction of sp³-hybridized carbons (Fsp3) is 0.462.